The summed E-state index contributed by atoms with van der Waals surface area (Å²) in [6.07, 6.45) is 0. The topological polar surface area (TPSA) is 30.8 Å². The third-order valence-electron chi connectivity index (χ3n) is 4.01. The van der Waals surface area contributed by atoms with Crippen molar-refractivity contribution in [2.24, 2.45) is 4.99 Å². The molecule has 0 radical (unpaired) electrons. The fraction of sp³-hybridized carbons (Fsp3) is 0.400. The molecule has 1 heterocycles. The summed E-state index contributed by atoms with van der Waals surface area (Å²) in [5, 5.41) is 0.438. The molecule has 20 heavy (non-hydrogen) atoms. The Hall–Kier alpha value is -1.10. The molecule has 1 aliphatic rings. The van der Waals surface area contributed by atoms with Crippen LogP contribution in [0.25, 0.3) is 5.03 Å². The highest BCUT2D eigenvalue weighted by Gasteiger charge is 2.51. The standard InChI is InChI=1S/C15H19BClNO2/c1-10(17)12-8-7-11(9-13(12)18-6)16-19-14(2,3)15(4,5)20-16/h7-9H,1,6H2,2-5H3. The fourth-order valence-electron chi connectivity index (χ4n) is 2.03. The SMILES string of the molecule is C=Nc1cc(B2OC(C)(C)C(C)(C)O2)ccc1C(=C)Cl. The molecular weight excluding hydrogens is 272 g/mol. The lowest BCUT2D eigenvalue weighted by atomic mass is 9.78. The van der Waals surface area contributed by atoms with Gasteiger partial charge in [0.15, 0.2) is 0 Å². The summed E-state index contributed by atoms with van der Waals surface area (Å²) >= 11 is 5.94. The molecule has 1 aliphatic heterocycles. The van der Waals surface area contributed by atoms with E-state index in [0.29, 0.717) is 10.7 Å². The van der Waals surface area contributed by atoms with Gasteiger partial charge in [0.2, 0.25) is 0 Å². The summed E-state index contributed by atoms with van der Waals surface area (Å²) < 4.78 is 12.0. The van der Waals surface area contributed by atoms with Crippen molar-refractivity contribution < 1.29 is 9.31 Å². The van der Waals surface area contributed by atoms with Crippen molar-refractivity contribution in [2.75, 3.05) is 0 Å². The Morgan fingerprint density at radius 1 is 1.20 bits per heavy atom. The first-order chi connectivity index (χ1) is 9.18. The minimum atomic E-state index is -0.418. The molecule has 0 N–H and O–H groups in total. The van der Waals surface area contributed by atoms with E-state index in [1.54, 1.807) is 0 Å². The molecule has 106 valence electrons. The van der Waals surface area contributed by atoms with Gasteiger partial charge >= 0.3 is 7.12 Å². The normalized spacial score (nSPS) is 19.9. The van der Waals surface area contributed by atoms with Crippen molar-refractivity contribution in [3.8, 4) is 0 Å². The summed E-state index contributed by atoms with van der Waals surface area (Å²) in [6, 6.07) is 5.65. The van der Waals surface area contributed by atoms with E-state index >= 15 is 0 Å². The summed E-state index contributed by atoms with van der Waals surface area (Å²) in [5.41, 5.74) is 1.61. The van der Waals surface area contributed by atoms with Crippen molar-refractivity contribution in [1.29, 1.82) is 0 Å². The molecule has 0 spiro atoms. The number of halogens is 1. The van der Waals surface area contributed by atoms with E-state index in [9.17, 15) is 0 Å². The van der Waals surface area contributed by atoms with Crippen molar-refractivity contribution in [3.05, 3.63) is 30.3 Å². The molecule has 0 aliphatic carbocycles. The second-order valence-corrected chi connectivity index (χ2v) is 6.38. The molecule has 1 aromatic carbocycles. The van der Waals surface area contributed by atoms with Crippen LogP contribution in [-0.2, 0) is 9.31 Å². The van der Waals surface area contributed by atoms with Gasteiger partial charge in [0, 0.05) is 10.6 Å². The number of nitrogens with zero attached hydrogens (tertiary/aromatic N) is 1. The van der Waals surface area contributed by atoms with Crippen molar-refractivity contribution in [3.63, 3.8) is 0 Å². The Morgan fingerprint density at radius 3 is 2.20 bits per heavy atom. The van der Waals surface area contributed by atoms with Crippen LogP contribution < -0.4 is 5.46 Å². The summed E-state index contributed by atoms with van der Waals surface area (Å²) in [7, 11) is -0.418. The minimum absolute atomic E-state index is 0.367. The van der Waals surface area contributed by atoms with Gasteiger partial charge in [-0.2, -0.15) is 0 Å². The summed E-state index contributed by atoms with van der Waals surface area (Å²) in [5.74, 6) is 0. The Bertz CT molecular complexity index is 553. The maximum atomic E-state index is 6.01. The largest absolute Gasteiger partial charge is 0.494 e. The highest BCUT2D eigenvalue weighted by atomic mass is 35.5. The molecule has 0 saturated carbocycles. The molecule has 2 rings (SSSR count). The fourth-order valence-corrected chi connectivity index (χ4v) is 2.19. The molecule has 1 saturated heterocycles. The predicted molar refractivity (Wildman–Crippen MR) is 86.3 cm³/mol. The van der Waals surface area contributed by atoms with Crippen LogP contribution in [0.1, 0.15) is 33.3 Å². The van der Waals surface area contributed by atoms with E-state index < -0.39 is 7.12 Å². The third-order valence-corrected chi connectivity index (χ3v) is 4.21. The smallest absolute Gasteiger partial charge is 0.399 e. The van der Waals surface area contributed by atoms with Gasteiger partial charge in [0.1, 0.15) is 0 Å². The van der Waals surface area contributed by atoms with Gasteiger partial charge in [-0.1, -0.05) is 30.3 Å². The monoisotopic (exact) mass is 291 g/mol. The molecule has 1 aromatic rings. The molecular formula is C15H19BClNO2. The van der Waals surface area contributed by atoms with Crippen LogP contribution in [0.5, 0.6) is 0 Å². The van der Waals surface area contributed by atoms with Crippen molar-refractivity contribution in [1.82, 2.24) is 0 Å². The van der Waals surface area contributed by atoms with Gasteiger partial charge in [0.25, 0.3) is 0 Å². The van der Waals surface area contributed by atoms with Gasteiger partial charge in [-0.05, 0) is 45.9 Å². The van der Waals surface area contributed by atoms with Crippen LogP contribution in [0.4, 0.5) is 5.69 Å². The maximum absolute atomic E-state index is 6.01. The number of hydrogen-bond donors (Lipinski definition) is 0. The Balaban J connectivity index is 2.37. The second-order valence-electron chi connectivity index (χ2n) is 5.93. The number of aliphatic imine (C=N–C) groups is 1. The van der Waals surface area contributed by atoms with Gasteiger partial charge in [-0.15, -0.1) is 0 Å². The first kappa shape index (κ1) is 15.3. The number of rotatable bonds is 3. The number of hydrogen-bond acceptors (Lipinski definition) is 3. The van der Waals surface area contributed by atoms with Gasteiger partial charge in [-0.3, -0.25) is 4.99 Å². The molecule has 5 heteroatoms. The van der Waals surface area contributed by atoms with Gasteiger partial charge < -0.3 is 9.31 Å². The van der Waals surface area contributed by atoms with E-state index in [0.717, 1.165) is 11.0 Å². The zero-order valence-corrected chi connectivity index (χ0v) is 13.1. The average Bonchev–Trinajstić information content (AvgIpc) is 2.57. The van der Waals surface area contributed by atoms with E-state index in [2.05, 4.69) is 18.3 Å². The zero-order valence-electron chi connectivity index (χ0n) is 12.4. The van der Waals surface area contributed by atoms with Crippen molar-refractivity contribution >= 4 is 41.6 Å². The molecule has 1 fully saturated rings. The quantitative estimate of drug-likeness (QED) is 0.630. The van der Waals surface area contributed by atoms with Crippen LogP contribution in [-0.4, -0.2) is 25.0 Å². The van der Waals surface area contributed by atoms with E-state index in [4.69, 9.17) is 20.9 Å². The minimum Gasteiger partial charge on any atom is -0.399 e. The lowest BCUT2D eigenvalue weighted by molar-refractivity contribution is 0.00578. The zero-order chi connectivity index (χ0) is 15.1. The van der Waals surface area contributed by atoms with Gasteiger partial charge in [-0.25, -0.2) is 0 Å². The molecule has 0 amide bonds. The van der Waals surface area contributed by atoms with E-state index in [1.807, 2.05) is 45.9 Å². The first-order valence-corrected chi connectivity index (χ1v) is 6.87. The Morgan fingerprint density at radius 2 is 1.75 bits per heavy atom. The summed E-state index contributed by atoms with van der Waals surface area (Å²) in [4.78, 5) is 3.99. The molecule has 0 bridgehead atoms. The highest BCUT2D eigenvalue weighted by Crippen LogP contribution is 2.37. The summed E-state index contributed by atoms with van der Waals surface area (Å²) in [6.45, 7) is 15.4. The molecule has 0 aromatic heterocycles. The van der Waals surface area contributed by atoms with Crippen LogP contribution in [0.15, 0.2) is 29.8 Å². The lowest BCUT2D eigenvalue weighted by Gasteiger charge is -2.32. The number of benzene rings is 1. The van der Waals surface area contributed by atoms with Crippen molar-refractivity contribution in [2.45, 2.75) is 38.9 Å². The Labute approximate surface area is 125 Å². The maximum Gasteiger partial charge on any atom is 0.494 e. The third kappa shape index (κ3) is 2.56. The van der Waals surface area contributed by atoms with Crippen LogP contribution in [0.2, 0.25) is 0 Å². The predicted octanol–water partition coefficient (Wildman–Crippen LogP) is 3.53. The molecule has 0 atom stereocenters. The first-order valence-electron chi connectivity index (χ1n) is 6.49. The van der Waals surface area contributed by atoms with Crippen LogP contribution in [0.3, 0.4) is 0 Å². The second kappa shape index (κ2) is 5.03. The van der Waals surface area contributed by atoms with Crippen LogP contribution >= 0.6 is 11.6 Å². The van der Waals surface area contributed by atoms with E-state index in [1.165, 1.54) is 0 Å². The Kier molecular flexibility index (Phi) is 3.84. The molecule has 0 unspecified atom stereocenters. The average molecular weight is 292 g/mol. The highest BCUT2D eigenvalue weighted by molar-refractivity contribution is 6.62. The molecule has 3 nitrogen and oxygen atoms in total. The van der Waals surface area contributed by atoms with Gasteiger partial charge in [0.05, 0.1) is 16.9 Å². The lowest BCUT2D eigenvalue weighted by Crippen LogP contribution is -2.41. The van der Waals surface area contributed by atoms with E-state index in [-0.39, 0.29) is 11.2 Å². The van der Waals surface area contributed by atoms with Crippen LogP contribution in [0, 0.1) is 0 Å².